The second kappa shape index (κ2) is 5.69. The van der Waals surface area contributed by atoms with Gasteiger partial charge in [0.1, 0.15) is 5.65 Å². The SMILES string of the molecule is CC.CC1C2CCCC1(C)c1c2c(=O)nc2c3ccccc3ccn12. The molecule has 0 N–H and O–H groups in total. The maximum atomic E-state index is 12.9. The van der Waals surface area contributed by atoms with Gasteiger partial charge in [0.15, 0.2) is 0 Å². The number of fused-ring (bicyclic) bond motifs is 9. The van der Waals surface area contributed by atoms with Crippen molar-refractivity contribution < 1.29 is 0 Å². The fraction of sp³-hybridized carbons (Fsp3) is 0.455. The fourth-order valence-electron chi connectivity index (χ4n) is 5.14. The van der Waals surface area contributed by atoms with Crippen molar-refractivity contribution in [3.63, 3.8) is 0 Å². The number of nitrogens with zero attached hydrogens (tertiary/aromatic N) is 2. The van der Waals surface area contributed by atoms with Crippen molar-refractivity contribution in [1.29, 1.82) is 0 Å². The largest absolute Gasteiger partial charge is 0.304 e. The van der Waals surface area contributed by atoms with Crippen molar-refractivity contribution in [3.05, 3.63) is 58.1 Å². The van der Waals surface area contributed by atoms with Gasteiger partial charge < -0.3 is 4.40 Å². The summed E-state index contributed by atoms with van der Waals surface area (Å²) in [6, 6.07) is 10.3. The Bertz CT molecular complexity index is 1020. The molecule has 2 bridgehead atoms. The average molecular weight is 334 g/mol. The van der Waals surface area contributed by atoms with Gasteiger partial charge in [-0.15, -0.1) is 0 Å². The first kappa shape index (κ1) is 16.3. The number of hydrogen-bond acceptors (Lipinski definition) is 2. The van der Waals surface area contributed by atoms with Crippen LogP contribution in [0.5, 0.6) is 0 Å². The highest BCUT2D eigenvalue weighted by Gasteiger charge is 2.51. The number of aromatic nitrogens is 2. The Morgan fingerprint density at radius 2 is 1.96 bits per heavy atom. The summed E-state index contributed by atoms with van der Waals surface area (Å²) in [4.78, 5) is 17.4. The molecule has 0 aliphatic heterocycles. The Morgan fingerprint density at radius 3 is 2.76 bits per heavy atom. The van der Waals surface area contributed by atoms with Crippen molar-refractivity contribution in [1.82, 2.24) is 9.38 Å². The molecule has 2 aliphatic carbocycles. The third-order valence-corrected chi connectivity index (χ3v) is 6.50. The molecule has 3 heteroatoms. The van der Waals surface area contributed by atoms with Gasteiger partial charge in [-0.3, -0.25) is 4.79 Å². The van der Waals surface area contributed by atoms with E-state index in [1.54, 1.807) is 0 Å². The minimum Gasteiger partial charge on any atom is -0.304 e. The summed E-state index contributed by atoms with van der Waals surface area (Å²) in [5, 5.41) is 2.20. The van der Waals surface area contributed by atoms with Crippen LogP contribution in [0.4, 0.5) is 0 Å². The summed E-state index contributed by atoms with van der Waals surface area (Å²) in [6.07, 6.45) is 5.60. The molecule has 3 aromatic rings. The number of rotatable bonds is 0. The predicted octanol–water partition coefficient (Wildman–Crippen LogP) is 5.05. The normalized spacial score (nSPS) is 27.0. The van der Waals surface area contributed by atoms with Gasteiger partial charge in [-0.05, 0) is 36.1 Å². The monoisotopic (exact) mass is 334 g/mol. The molecule has 25 heavy (non-hydrogen) atoms. The predicted molar refractivity (Wildman–Crippen MR) is 103 cm³/mol. The Morgan fingerprint density at radius 1 is 1.20 bits per heavy atom. The van der Waals surface area contributed by atoms with Crippen LogP contribution in [0.1, 0.15) is 64.1 Å². The summed E-state index contributed by atoms with van der Waals surface area (Å²) in [5.41, 5.74) is 3.12. The molecular weight excluding hydrogens is 308 g/mol. The van der Waals surface area contributed by atoms with E-state index >= 15 is 0 Å². The molecule has 3 unspecified atom stereocenters. The van der Waals surface area contributed by atoms with Crippen LogP contribution in [0.2, 0.25) is 0 Å². The topological polar surface area (TPSA) is 34.4 Å². The molecule has 2 aliphatic rings. The minimum absolute atomic E-state index is 0.00109. The van der Waals surface area contributed by atoms with Gasteiger partial charge >= 0.3 is 0 Å². The maximum Gasteiger partial charge on any atom is 0.277 e. The molecule has 1 aromatic carbocycles. The van der Waals surface area contributed by atoms with Crippen LogP contribution in [0.3, 0.4) is 0 Å². The van der Waals surface area contributed by atoms with Gasteiger partial charge in [0.2, 0.25) is 0 Å². The lowest BCUT2D eigenvalue weighted by molar-refractivity contribution is 0.219. The van der Waals surface area contributed by atoms with Crippen LogP contribution in [0.25, 0.3) is 16.4 Å². The van der Waals surface area contributed by atoms with Gasteiger partial charge in [0.05, 0.1) is 0 Å². The molecule has 0 amide bonds. The van der Waals surface area contributed by atoms with Crippen molar-refractivity contribution in [3.8, 4) is 0 Å². The Kier molecular flexibility index (Phi) is 3.71. The van der Waals surface area contributed by atoms with Crippen LogP contribution < -0.4 is 5.56 Å². The van der Waals surface area contributed by atoms with Crippen LogP contribution in [-0.4, -0.2) is 9.38 Å². The summed E-state index contributed by atoms with van der Waals surface area (Å²) >= 11 is 0. The van der Waals surface area contributed by atoms with E-state index in [-0.39, 0.29) is 11.0 Å². The average Bonchev–Trinajstić information content (AvgIpc) is 2.77. The number of pyridine rings is 1. The van der Waals surface area contributed by atoms with Crippen LogP contribution in [0.15, 0.2) is 41.3 Å². The second-order valence-corrected chi connectivity index (χ2v) is 7.48. The molecule has 0 radical (unpaired) electrons. The molecule has 5 rings (SSSR count). The maximum absolute atomic E-state index is 12.9. The van der Waals surface area contributed by atoms with E-state index in [9.17, 15) is 4.79 Å². The zero-order valence-electron chi connectivity index (χ0n) is 15.5. The lowest BCUT2D eigenvalue weighted by atomic mass is 9.68. The van der Waals surface area contributed by atoms with Crippen molar-refractivity contribution >= 4 is 16.4 Å². The molecule has 0 spiro atoms. The van der Waals surface area contributed by atoms with E-state index < -0.39 is 0 Å². The minimum atomic E-state index is -0.00109. The van der Waals surface area contributed by atoms with E-state index in [0.29, 0.717) is 11.8 Å². The van der Waals surface area contributed by atoms with Gasteiger partial charge in [0.25, 0.3) is 5.56 Å². The van der Waals surface area contributed by atoms with E-state index in [1.165, 1.54) is 12.1 Å². The van der Waals surface area contributed by atoms with Crippen molar-refractivity contribution in [2.45, 2.75) is 58.3 Å². The van der Waals surface area contributed by atoms with E-state index in [0.717, 1.165) is 34.8 Å². The molecule has 130 valence electrons. The van der Waals surface area contributed by atoms with Gasteiger partial charge in [-0.25, -0.2) is 0 Å². The van der Waals surface area contributed by atoms with Crippen LogP contribution >= 0.6 is 0 Å². The molecule has 2 aromatic heterocycles. The molecule has 3 atom stereocenters. The lowest BCUT2D eigenvalue weighted by Gasteiger charge is -2.36. The third-order valence-electron chi connectivity index (χ3n) is 6.50. The molecule has 0 saturated heterocycles. The van der Waals surface area contributed by atoms with Crippen molar-refractivity contribution in [2.75, 3.05) is 0 Å². The van der Waals surface area contributed by atoms with Crippen molar-refractivity contribution in [2.24, 2.45) is 5.92 Å². The Labute approximate surface area is 148 Å². The quantitative estimate of drug-likeness (QED) is 0.539. The summed E-state index contributed by atoms with van der Waals surface area (Å²) in [7, 11) is 0. The lowest BCUT2D eigenvalue weighted by Crippen LogP contribution is -2.32. The zero-order valence-corrected chi connectivity index (χ0v) is 15.5. The highest BCUT2D eigenvalue weighted by atomic mass is 16.1. The van der Waals surface area contributed by atoms with Gasteiger partial charge in [0, 0.05) is 28.3 Å². The zero-order chi connectivity index (χ0) is 17.8. The molecule has 2 heterocycles. The standard InChI is InChI=1S/C20H20N2O.C2H6/c1-12-14-8-5-10-20(12,2)17-16(14)19(23)21-18-15-7-4-3-6-13(15)9-11-22(17)18;1-2/h3-4,6-7,9,11-12,14H,5,8,10H2,1-2H3;1-2H3. The fourth-order valence-corrected chi connectivity index (χ4v) is 5.14. The molecule has 1 saturated carbocycles. The van der Waals surface area contributed by atoms with Gasteiger partial charge in [-0.1, -0.05) is 58.4 Å². The van der Waals surface area contributed by atoms with E-state index in [1.807, 2.05) is 26.0 Å². The number of benzene rings is 1. The number of hydrogen-bond donors (Lipinski definition) is 0. The third kappa shape index (κ3) is 2.04. The van der Waals surface area contributed by atoms with Gasteiger partial charge in [-0.2, -0.15) is 4.98 Å². The summed E-state index contributed by atoms with van der Waals surface area (Å²) in [5.74, 6) is 0.900. The smallest absolute Gasteiger partial charge is 0.277 e. The van der Waals surface area contributed by atoms with Crippen LogP contribution in [0, 0.1) is 5.92 Å². The van der Waals surface area contributed by atoms with Crippen LogP contribution in [-0.2, 0) is 5.41 Å². The molecule has 3 nitrogen and oxygen atoms in total. The Balaban J connectivity index is 0.000000758. The molecule has 1 fully saturated rings. The first-order valence-corrected chi connectivity index (χ1v) is 9.56. The highest BCUT2D eigenvalue weighted by Crippen LogP contribution is 2.56. The summed E-state index contributed by atoms with van der Waals surface area (Å²) in [6.45, 7) is 8.66. The molecular formula is C22H26N2O. The first-order valence-electron chi connectivity index (χ1n) is 9.56. The first-order chi connectivity index (χ1) is 12.1. The van der Waals surface area contributed by atoms with E-state index in [2.05, 4.69) is 47.6 Å². The Hall–Kier alpha value is -2.16. The summed E-state index contributed by atoms with van der Waals surface area (Å²) < 4.78 is 2.21. The second-order valence-electron chi connectivity index (χ2n) is 7.48. The highest BCUT2D eigenvalue weighted by molar-refractivity contribution is 5.93. The van der Waals surface area contributed by atoms with E-state index in [4.69, 9.17) is 0 Å².